The van der Waals surface area contributed by atoms with Crippen molar-refractivity contribution in [2.75, 3.05) is 5.32 Å². The van der Waals surface area contributed by atoms with Crippen molar-refractivity contribution >= 4 is 33.1 Å². The van der Waals surface area contributed by atoms with Gasteiger partial charge in [0.25, 0.3) is 5.91 Å². The lowest BCUT2D eigenvalue weighted by Crippen LogP contribution is -2.11. The summed E-state index contributed by atoms with van der Waals surface area (Å²) in [7, 11) is 0. The lowest BCUT2D eigenvalue weighted by atomic mass is 10.2. The number of amides is 1. The Morgan fingerprint density at radius 3 is 2.57 bits per heavy atom. The molecule has 0 aliphatic carbocycles. The second kappa shape index (κ2) is 7.16. The van der Waals surface area contributed by atoms with E-state index in [4.69, 9.17) is 0 Å². The van der Waals surface area contributed by atoms with Gasteiger partial charge >= 0.3 is 0 Å². The smallest absolute Gasteiger partial charge is 0.265 e. The number of nitrogens with zero attached hydrogens (tertiary/aromatic N) is 2. The van der Waals surface area contributed by atoms with Crippen molar-refractivity contribution in [3.05, 3.63) is 81.9 Å². The molecule has 0 saturated heterocycles. The minimum absolute atomic E-state index is 0.151. The molecule has 7 heteroatoms. The van der Waals surface area contributed by atoms with E-state index in [1.165, 1.54) is 29.5 Å². The zero-order chi connectivity index (χ0) is 19.8. The Morgan fingerprint density at radius 2 is 1.86 bits per heavy atom. The maximum atomic E-state index is 14.0. The van der Waals surface area contributed by atoms with Crippen LogP contribution in [0.2, 0.25) is 0 Å². The Balaban J connectivity index is 1.62. The molecule has 0 saturated carbocycles. The number of halogens is 2. The van der Waals surface area contributed by atoms with E-state index in [9.17, 15) is 13.6 Å². The Kier molecular flexibility index (Phi) is 4.68. The van der Waals surface area contributed by atoms with Crippen LogP contribution in [0.4, 0.5) is 14.5 Å². The van der Waals surface area contributed by atoms with E-state index in [0.29, 0.717) is 11.4 Å². The first-order chi connectivity index (χ1) is 13.4. The molecule has 0 aliphatic heterocycles. The minimum atomic E-state index is -0.465. The Morgan fingerprint density at radius 1 is 1.11 bits per heavy atom. The fourth-order valence-corrected chi connectivity index (χ4v) is 4.06. The predicted octanol–water partition coefficient (Wildman–Crippen LogP) is 5.29. The summed E-state index contributed by atoms with van der Waals surface area (Å²) in [4.78, 5) is 13.9. The lowest BCUT2D eigenvalue weighted by Gasteiger charge is -2.06. The number of rotatable bonds is 4. The molecular weight excluding hydrogens is 380 g/mol. The molecule has 1 N–H and O–H groups in total. The number of hydrogen-bond donors (Lipinski definition) is 1. The van der Waals surface area contributed by atoms with E-state index in [1.54, 1.807) is 41.9 Å². The number of carbonyl (C=O) groups excluding carboxylic acids is 1. The second-order valence-corrected chi connectivity index (χ2v) is 7.67. The normalized spacial score (nSPS) is 11.1. The standard InChI is InChI=1S/C21H17F2N3OS/c1-12-3-8-18(17(23)9-12)24-20(27)19-10-16-13(2)25-26(21(16)28-19)11-14-4-6-15(22)7-5-14/h3-10H,11H2,1-2H3,(H,24,27). The third-order valence-corrected chi connectivity index (χ3v) is 5.60. The van der Waals surface area contributed by atoms with E-state index in [0.717, 1.165) is 27.0 Å². The van der Waals surface area contributed by atoms with Gasteiger partial charge in [0.2, 0.25) is 0 Å². The van der Waals surface area contributed by atoms with Crippen LogP contribution in [0.5, 0.6) is 0 Å². The van der Waals surface area contributed by atoms with Crippen LogP contribution in [0.1, 0.15) is 26.5 Å². The molecule has 0 aliphatic rings. The van der Waals surface area contributed by atoms with Crippen molar-refractivity contribution in [1.82, 2.24) is 9.78 Å². The van der Waals surface area contributed by atoms with Crippen molar-refractivity contribution in [1.29, 1.82) is 0 Å². The Labute approximate surface area is 164 Å². The van der Waals surface area contributed by atoms with Gasteiger partial charge in [-0.2, -0.15) is 5.10 Å². The van der Waals surface area contributed by atoms with Crippen molar-refractivity contribution in [3.63, 3.8) is 0 Å². The maximum Gasteiger partial charge on any atom is 0.265 e. The van der Waals surface area contributed by atoms with Crippen LogP contribution in [0.25, 0.3) is 10.2 Å². The highest BCUT2D eigenvalue weighted by atomic mass is 32.1. The summed E-state index contributed by atoms with van der Waals surface area (Å²) in [6.45, 7) is 4.13. The molecule has 4 aromatic rings. The van der Waals surface area contributed by atoms with Gasteiger partial charge in [-0.3, -0.25) is 9.48 Å². The molecule has 2 aromatic carbocycles. The van der Waals surface area contributed by atoms with Gasteiger partial charge in [-0.05, 0) is 55.3 Å². The molecule has 0 fully saturated rings. The number of carbonyl (C=O) groups is 1. The van der Waals surface area contributed by atoms with Gasteiger partial charge in [-0.25, -0.2) is 8.78 Å². The average Bonchev–Trinajstić information content (AvgIpc) is 3.21. The molecule has 2 aromatic heterocycles. The SMILES string of the molecule is Cc1ccc(NC(=O)c2cc3c(C)nn(Cc4ccc(F)cc4)c3s2)c(F)c1. The molecule has 4 nitrogen and oxygen atoms in total. The highest BCUT2D eigenvalue weighted by molar-refractivity contribution is 7.20. The third kappa shape index (κ3) is 3.53. The quantitative estimate of drug-likeness (QED) is 0.508. The molecular formula is C21H17F2N3OS. The molecule has 0 bridgehead atoms. The fraction of sp³-hybridized carbons (Fsp3) is 0.143. The molecule has 0 unspecified atom stereocenters. The van der Waals surface area contributed by atoms with E-state index in [-0.39, 0.29) is 17.4 Å². The van der Waals surface area contributed by atoms with Crippen molar-refractivity contribution < 1.29 is 13.6 Å². The van der Waals surface area contributed by atoms with Gasteiger partial charge in [-0.15, -0.1) is 11.3 Å². The number of anilines is 1. The first-order valence-electron chi connectivity index (χ1n) is 8.69. The van der Waals surface area contributed by atoms with Crippen LogP contribution in [0, 0.1) is 25.5 Å². The Bertz CT molecular complexity index is 1180. The van der Waals surface area contributed by atoms with Crippen LogP contribution >= 0.6 is 11.3 Å². The monoisotopic (exact) mass is 397 g/mol. The van der Waals surface area contributed by atoms with Crippen LogP contribution in [0.15, 0.2) is 48.5 Å². The number of aromatic nitrogens is 2. The molecule has 0 radical (unpaired) electrons. The predicted molar refractivity (Wildman–Crippen MR) is 107 cm³/mol. The number of hydrogen-bond acceptors (Lipinski definition) is 3. The topological polar surface area (TPSA) is 46.9 Å². The van der Waals surface area contributed by atoms with Gasteiger partial charge in [0, 0.05) is 5.39 Å². The highest BCUT2D eigenvalue weighted by Crippen LogP contribution is 2.30. The van der Waals surface area contributed by atoms with Gasteiger partial charge in [0.1, 0.15) is 16.5 Å². The molecule has 0 atom stereocenters. The largest absolute Gasteiger partial charge is 0.319 e. The first-order valence-corrected chi connectivity index (χ1v) is 9.51. The molecule has 2 heterocycles. The summed E-state index contributed by atoms with van der Waals surface area (Å²) in [6, 6.07) is 12.7. The molecule has 0 spiro atoms. The molecule has 142 valence electrons. The average molecular weight is 397 g/mol. The van der Waals surface area contributed by atoms with Crippen molar-refractivity contribution in [2.24, 2.45) is 0 Å². The molecule has 1 amide bonds. The van der Waals surface area contributed by atoms with Gasteiger partial charge in [-0.1, -0.05) is 18.2 Å². The summed E-state index contributed by atoms with van der Waals surface area (Å²) in [6.07, 6.45) is 0. The number of nitrogens with one attached hydrogen (secondary N) is 1. The number of benzene rings is 2. The lowest BCUT2D eigenvalue weighted by molar-refractivity contribution is 0.103. The summed E-state index contributed by atoms with van der Waals surface area (Å²) in [5.41, 5.74) is 2.65. The van der Waals surface area contributed by atoms with Crippen molar-refractivity contribution in [2.45, 2.75) is 20.4 Å². The van der Waals surface area contributed by atoms with Crippen LogP contribution in [-0.2, 0) is 6.54 Å². The summed E-state index contributed by atoms with van der Waals surface area (Å²) >= 11 is 1.30. The second-order valence-electron chi connectivity index (χ2n) is 6.64. The Hall–Kier alpha value is -3.06. The minimum Gasteiger partial charge on any atom is -0.319 e. The summed E-state index contributed by atoms with van der Waals surface area (Å²) < 4.78 is 28.9. The number of thiophene rings is 1. The third-order valence-electron chi connectivity index (χ3n) is 4.45. The number of fused-ring (bicyclic) bond motifs is 1. The van der Waals surface area contributed by atoms with E-state index < -0.39 is 5.82 Å². The van der Waals surface area contributed by atoms with Gasteiger partial charge in [0.05, 0.1) is 22.8 Å². The highest BCUT2D eigenvalue weighted by Gasteiger charge is 2.17. The zero-order valence-electron chi connectivity index (χ0n) is 15.3. The van der Waals surface area contributed by atoms with Crippen LogP contribution < -0.4 is 5.32 Å². The van der Waals surface area contributed by atoms with E-state index in [2.05, 4.69) is 10.4 Å². The summed E-state index contributed by atoms with van der Waals surface area (Å²) in [5.74, 6) is -1.12. The van der Waals surface area contributed by atoms with E-state index in [1.807, 2.05) is 6.92 Å². The first kappa shape index (κ1) is 18.3. The number of aryl methyl sites for hydroxylation is 2. The summed E-state index contributed by atoms with van der Waals surface area (Å²) in [5, 5.41) is 8.02. The zero-order valence-corrected chi connectivity index (χ0v) is 16.1. The maximum absolute atomic E-state index is 14.0. The van der Waals surface area contributed by atoms with Gasteiger partial charge in [0.15, 0.2) is 0 Å². The van der Waals surface area contributed by atoms with Crippen LogP contribution in [0.3, 0.4) is 0 Å². The van der Waals surface area contributed by atoms with Crippen molar-refractivity contribution in [3.8, 4) is 0 Å². The van der Waals surface area contributed by atoms with Crippen LogP contribution in [-0.4, -0.2) is 15.7 Å². The van der Waals surface area contributed by atoms with Gasteiger partial charge < -0.3 is 5.32 Å². The molecule has 28 heavy (non-hydrogen) atoms. The molecule has 4 rings (SSSR count). The fourth-order valence-electron chi connectivity index (χ4n) is 3.00. The van der Waals surface area contributed by atoms with E-state index >= 15 is 0 Å².